The maximum Gasteiger partial charge on any atom is 0.247 e. The number of carbonyl (C=O) groups is 1. The molecular weight excluding hydrogens is 367 g/mol. The van der Waals surface area contributed by atoms with Gasteiger partial charge in [0.25, 0.3) is 0 Å². The summed E-state index contributed by atoms with van der Waals surface area (Å²) in [6.45, 7) is 1.89. The Morgan fingerprint density at radius 1 is 1.15 bits per heavy atom. The fraction of sp³-hybridized carbons (Fsp3) is 0.150. The van der Waals surface area contributed by atoms with Crippen molar-refractivity contribution in [3.05, 3.63) is 88.5 Å². The van der Waals surface area contributed by atoms with Gasteiger partial charge in [0.05, 0.1) is 11.9 Å². The molecule has 2 aromatic carbocycles. The molecule has 0 aliphatic carbocycles. The van der Waals surface area contributed by atoms with Crippen molar-refractivity contribution in [2.45, 2.75) is 19.5 Å². The first-order chi connectivity index (χ1) is 13.0. The second-order valence-corrected chi connectivity index (χ2v) is 6.40. The lowest BCUT2D eigenvalue weighted by atomic mass is 10.1. The van der Waals surface area contributed by atoms with E-state index < -0.39 is 11.9 Å². The van der Waals surface area contributed by atoms with Gasteiger partial charge in [-0.3, -0.25) is 4.79 Å². The summed E-state index contributed by atoms with van der Waals surface area (Å²) in [6, 6.07) is 15.7. The van der Waals surface area contributed by atoms with Gasteiger partial charge in [0, 0.05) is 11.6 Å². The molecule has 0 saturated heterocycles. The van der Waals surface area contributed by atoms with Crippen molar-refractivity contribution < 1.29 is 9.18 Å². The molecule has 0 saturated carbocycles. The summed E-state index contributed by atoms with van der Waals surface area (Å²) in [5.74, 6) is -0.560. The van der Waals surface area contributed by atoms with Gasteiger partial charge in [-0.05, 0) is 30.2 Å². The molecule has 1 unspecified atom stereocenters. The van der Waals surface area contributed by atoms with E-state index in [1.807, 2.05) is 42.5 Å². The van der Waals surface area contributed by atoms with E-state index in [4.69, 9.17) is 11.6 Å². The molecule has 27 heavy (non-hydrogen) atoms. The minimum atomic E-state index is -0.719. The molecule has 1 amide bonds. The lowest BCUT2D eigenvalue weighted by Crippen LogP contribution is -2.33. The number of anilines is 1. The highest BCUT2D eigenvalue weighted by Crippen LogP contribution is 2.18. The zero-order valence-corrected chi connectivity index (χ0v) is 15.4. The fourth-order valence-electron chi connectivity index (χ4n) is 2.49. The normalized spacial score (nSPS) is 11.7. The van der Waals surface area contributed by atoms with E-state index in [0.717, 1.165) is 17.3 Å². The lowest BCUT2D eigenvalue weighted by molar-refractivity contribution is -0.122. The standard InChI is InChI=1S/C20H18ClFN4O/c1-13-17(22)12-24-20(25-13)26-18(15-5-3-2-4-6-15)19(27)23-11-14-7-9-16(21)10-8-14/h2-10,12,18H,11H2,1H3,(H,23,27)(H,24,25,26). The highest BCUT2D eigenvalue weighted by molar-refractivity contribution is 6.30. The van der Waals surface area contributed by atoms with E-state index in [9.17, 15) is 9.18 Å². The number of nitrogens with zero attached hydrogens (tertiary/aromatic N) is 2. The first kappa shape index (κ1) is 18.8. The van der Waals surface area contributed by atoms with Crippen LogP contribution in [0.4, 0.5) is 10.3 Å². The van der Waals surface area contributed by atoms with Crippen LogP contribution in [0.3, 0.4) is 0 Å². The molecule has 0 radical (unpaired) electrons. The van der Waals surface area contributed by atoms with Gasteiger partial charge in [-0.1, -0.05) is 54.1 Å². The van der Waals surface area contributed by atoms with Gasteiger partial charge in [-0.2, -0.15) is 0 Å². The van der Waals surface area contributed by atoms with Gasteiger partial charge in [0.1, 0.15) is 6.04 Å². The molecule has 7 heteroatoms. The van der Waals surface area contributed by atoms with Gasteiger partial charge in [0.15, 0.2) is 5.82 Å². The van der Waals surface area contributed by atoms with Crippen molar-refractivity contribution in [1.29, 1.82) is 0 Å². The van der Waals surface area contributed by atoms with Gasteiger partial charge in [-0.25, -0.2) is 14.4 Å². The minimum Gasteiger partial charge on any atom is -0.350 e. The van der Waals surface area contributed by atoms with Crippen LogP contribution in [0.15, 0.2) is 60.8 Å². The van der Waals surface area contributed by atoms with Crippen LogP contribution in [0.25, 0.3) is 0 Å². The average Bonchev–Trinajstić information content (AvgIpc) is 2.69. The van der Waals surface area contributed by atoms with E-state index in [2.05, 4.69) is 20.6 Å². The van der Waals surface area contributed by atoms with Gasteiger partial charge in [-0.15, -0.1) is 0 Å². The number of carbonyl (C=O) groups excluding carboxylic acids is 1. The van der Waals surface area contributed by atoms with Gasteiger partial charge < -0.3 is 10.6 Å². The molecule has 0 spiro atoms. The quantitative estimate of drug-likeness (QED) is 0.673. The minimum absolute atomic E-state index is 0.185. The molecular formula is C20H18ClFN4O. The first-order valence-electron chi connectivity index (χ1n) is 8.35. The number of aryl methyl sites for hydroxylation is 1. The second kappa shape index (κ2) is 8.60. The average molecular weight is 385 g/mol. The molecule has 2 N–H and O–H groups in total. The summed E-state index contributed by atoms with van der Waals surface area (Å²) < 4.78 is 13.4. The van der Waals surface area contributed by atoms with Crippen LogP contribution in [0, 0.1) is 12.7 Å². The van der Waals surface area contributed by atoms with Crippen molar-refractivity contribution >= 4 is 23.5 Å². The molecule has 1 heterocycles. The molecule has 0 fully saturated rings. The number of amides is 1. The van der Waals surface area contributed by atoms with Crippen LogP contribution < -0.4 is 10.6 Å². The largest absolute Gasteiger partial charge is 0.350 e. The van der Waals surface area contributed by atoms with Crippen LogP contribution in [0.5, 0.6) is 0 Å². The van der Waals surface area contributed by atoms with Crippen molar-refractivity contribution in [2.24, 2.45) is 0 Å². The van der Waals surface area contributed by atoms with E-state index in [1.54, 1.807) is 19.1 Å². The van der Waals surface area contributed by atoms with Crippen molar-refractivity contribution in [2.75, 3.05) is 5.32 Å². The van der Waals surface area contributed by atoms with E-state index in [0.29, 0.717) is 11.6 Å². The van der Waals surface area contributed by atoms with Crippen LogP contribution in [-0.4, -0.2) is 15.9 Å². The molecule has 3 aromatic rings. The number of hydrogen-bond acceptors (Lipinski definition) is 4. The van der Waals surface area contributed by atoms with Crippen LogP contribution in [0.1, 0.15) is 22.9 Å². The van der Waals surface area contributed by atoms with Gasteiger partial charge >= 0.3 is 0 Å². The highest BCUT2D eigenvalue weighted by atomic mass is 35.5. The number of rotatable bonds is 6. The molecule has 1 aromatic heterocycles. The Kier molecular flexibility index (Phi) is 5.98. The predicted octanol–water partition coefficient (Wildman–Crippen LogP) is 4.05. The van der Waals surface area contributed by atoms with Crippen LogP contribution >= 0.6 is 11.6 Å². The lowest BCUT2D eigenvalue weighted by Gasteiger charge is -2.19. The molecule has 138 valence electrons. The number of halogens is 2. The van der Waals surface area contributed by atoms with Crippen molar-refractivity contribution in [3.8, 4) is 0 Å². The Hall–Kier alpha value is -2.99. The Bertz CT molecular complexity index is 919. The Morgan fingerprint density at radius 2 is 1.85 bits per heavy atom. The second-order valence-electron chi connectivity index (χ2n) is 5.96. The number of nitrogens with one attached hydrogen (secondary N) is 2. The molecule has 0 bridgehead atoms. The highest BCUT2D eigenvalue weighted by Gasteiger charge is 2.21. The third-order valence-electron chi connectivity index (χ3n) is 3.97. The van der Waals surface area contributed by atoms with E-state index in [-0.39, 0.29) is 17.5 Å². The third-order valence-corrected chi connectivity index (χ3v) is 4.22. The summed E-state index contributed by atoms with van der Waals surface area (Å²) >= 11 is 5.88. The Morgan fingerprint density at radius 3 is 2.52 bits per heavy atom. The summed E-state index contributed by atoms with van der Waals surface area (Å²) in [5.41, 5.74) is 1.88. The summed E-state index contributed by atoms with van der Waals surface area (Å²) in [7, 11) is 0. The Balaban J connectivity index is 1.77. The van der Waals surface area contributed by atoms with Gasteiger partial charge in [0.2, 0.25) is 11.9 Å². The van der Waals surface area contributed by atoms with Crippen molar-refractivity contribution in [3.63, 3.8) is 0 Å². The zero-order valence-electron chi connectivity index (χ0n) is 14.6. The fourth-order valence-corrected chi connectivity index (χ4v) is 2.62. The zero-order chi connectivity index (χ0) is 19.2. The maximum absolute atomic E-state index is 13.4. The SMILES string of the molecule is Cc1nc(NC(C(=O)NCc2ccc(Cl)cc2)c2ccccc2)ncc1F. The van der Waals surface area contributed by atoms with E-state index >= 15 is 0 Å². The maximum atomic E-state index is 13.4. The molecule has 0 aliphatic rings. The monoisotopic (exact) mass is 384 g/mol. The number of hydrogen-bond donors (Lipinski definition) is 2. The van der Waals surface area contributed by atoms with Crippen LogP contribution in [-0.2, 0) is 11.3 Å². The smallest absolute Gasteiger partial charge is 0.247 e. The van der Waals surface area contributed by atoms with E-state index in [1.165, 1.54) is 0 Å². The Labute approximate surface area is 161 Å². The topological polar surface area (TPSA) is 66.9 Å². The molecule has 5 nitrogen and oxygen atoms in total. The summed E-state index contributed by atoms with van der Waals surface area (Å²) in [5, 5.41) is 6.51. The van der Waals surface area contributed by atoms with Crippen LogP contribution in [0.2, 0.25) is 5.02 Å². The molecule has 3 rings (SSSR count). The molecule has 1 atom stereocenters. The summed E-state index contributed by atoms with van der Waals surface area (Å²) in [4.78, 5) is 20.8. The summed E-state index contributed by atoms with van der Waals surface area (Å²) in [6.07, 6.45) is 1.08. The third kappa shape index (κ3) is 5.01. The molecule has 0 aliphatic heterocycles. The van der Waals surface area contributed by atoms with Crippen molar-refractivity contribution in [1.82, 2.24) is 15.3 Å². The number of aromatic nitrogens is 2. The predicted molar refractivity (Wildman–Crippen MR) is 103 cm³/mol. The number of benzene rings is 2. The first-order valence-corrected chi connectivity index (χ1v) is 8.73.